The van der Waals surface area contributed by atoms with Crippen LogP contribution in [-0.2, 0) is 9.59 Å². The molecule has 0 unspecified atom stereocenters. The first-order valence-corrected chi connectivity index (χ1v) is 7.33. The maximum absolute atomic E-state index is 12.6. The van der Waals surface area contributed by atoms with Crippen molar-refractivity contribution in [3.63, 3.8) is 0 Å². The summed E-state index contributed by atoms with van der Waals surface area (Å²) in [5.74, 6) is -0.217. The summed E-state index contributed by atoms with van der Waals surface area (Å²) in [5.41, 5.74) is -0.440. The van der Waals surface area contributed by atoms with Crippen molar-refractivity contribution >= 4 is 23.6 Å². The minimum atomic E-state index is -4.44. The number of amides is 2. The van der Waals surface area contributed by atoms with Gasteiger partial charge in [0, 0.05) is 6.54 Å². The molecule has 0 aromatic rings. The third-order valence-corrected chi connectivity index (χ3v) is 3.48. The van der Waals surface area contributed by atoms with E-state index in [1.807, 2.05) is 0 Å². The van der Waals surface area contributed by atoms with Crippen molar-refractivity contribution in [3.8, 4) is 0 Å². The molecule has 1 aliphatic rings. The minimum Gasteiger partial charge on any atom is -0.332 e. The lowest BCUT2D eigenvalue weighted by Gasteiger charge is -2.31. The molecule has 0 saturated carbocycles. The largest absolute Gasteiger partial charge is 0.406 e. The quantitative estimate of drug-likeness (QED) is 0.797. The van der Waals surface area contributed by atoms with Crippen LogP contribution in [0.4, 0.5) is 13.2 Å². The van der Waals surface area contributed by atoms with Crippen LogP contribution in [0.3, 0.4) is 0 Å². The van der Waals surface area contributed by atoms with Crippen molar-refractivity contribution in [2.24, 2.45) is 5.41 Å². The maximum atomic E-state index is 12.6. The van der Waals surface area contributed by atoms with Crippen LogP contribution in [0, 0.1) is 5.41 Å². The number of nitrogens with zero attached hydrogens (tertiary/aromatic N) is 2. The molecule has 0 aromatic carbocycles. The molecular weight excluding hydrogens is 293 g/mol. The molecule has 0 spiro atoms. The van der Waals surface area contributed by atoms with E-state index in [1.54, 1.807) is 20.8 Å². The van der Waals surface area contributed by atoms with Crippen LogP contribution in [0.1, 0.15) is 20.8 Å². The van der Waals surface area contributed by atoms with E-state index in [0.29, 0.717) is 5.88 Å². The smallest absolute Gasteiger partial charge is 0.332 e. The standard InChI is InChI=1S/C12H19F3N2O2S/c1-11(2,3)6-17(7-12(13,14)15)9(18)4-16-8-20-5-10(16)19/h4-8H2,1-3H3. The Bertz CT molecular complexity index is 364. The third-order valence-electron chi connectivity index (χ3n) is 2.54. The molecule has 0 bridgehead atoms. The van der Waals surface area contributed by atoms with Crippen LogP contribution in [0.15, 0.2) is 0 Å². The lowest BCUT2D eigenvalue weighted by atomic mass is 9.96. The number of carbonyl (C=O) groups is 2. The van der Waals surface area contributed by atoms with Crippen molar-refractivity contribution in [2.75, 3.05) is 31.3 Å². The second-order valence-corrected chi connectivity index (χ2v) is 6.95. The molecule has 1 rings (SSSR count). The van der Waals surface area contributed by atoms with Crippen LogP contribution in [0.25, 0.3) is 0 Å². The zero-order chi connectivity index (χ0) is 15.6. The molecule has 1 fully saturated rings. The monoisotopic (exact) mass is 312 g/mol. The predicted molar refractivity (Wildman–Crippen MR) is 71.1 cm³/mol. The van der Waals surface area contributed by atoms with Crippen molar-refractivity contribution in [1.82, 2.24) is 9.80 Å². The predicted octanol–water partition coefficient (Wildman–Crippen LogP) is 1.96. The average Bonchev–Trinajstić information content (AvgIpc) is 2.59. The van der Waals surface area contributed by atoms with Gasteiger partial charge in [-0.1, -0.05) is 20.8 Å². The Morgan fingerprint density at radius 2 is 1.90 bits per heavy atom. The molecule has 1 saturated heterocycles. The van der Waals surface area contributed by atoms with Gasteiger partial charge in [0.25, 0.3) is 0 Å². The Morgan fingerprint density at radius 1 is 1.30 bits per heavy atom. The topological polar surface area (TPSA) is 40.6 Å². The lowest BCUT2D eigenvalue weighted by molar-refractivity contribution is -0.164. The highest BCUT2D eigenvalue weighted by Crippen LogP contribution is 2.22. The fourth-order valence-corrected chi connectivity index (χ4v) is 2.73. The normalized spacial score (nSPS) is 16.7. The Kier molecular flexibility index (Phi) is 5.34. The molecule has 4 nitrogen and oxygen atoms in total. The van der Waals surface area contributed by atoms with Gasteiger partial charge in [-0.05, 0) is 5.41 Å². The van der Waals surface area contributed by atoms with Gasteiger partial charge in [0.1, 0.15) is 13.1 Å². The van der Waals surface area contributed by atoms with E-state index in [9.17, 15) is 22.8 Å². The fourth-order valence-electron chi connectivity index (χ4n) is 1.82. The number of carbonyl (C=O) groups excluding carboxylic acids is 2. The number of hydrogen-bond donors (Lipinski definition) is 0. The summed E-state index contributed by atoms with van der Waals surface area (Å²) >= 11 is 1.35. The number of thioether (sulfide) groups is 1. The van der Waals surface area contributed by atoms with E-state index in [-0.39, 0.29) is 24.7 Å². The van der Waals surface area contributed by atoms with Crippen molar-refractivity contribution in [1.29, 1.82) is 0 Å². The summed E-state index contributed by atoms with van der Waals surface area (Å²) in [5, 5.41) is 0. The second kappa shape index (κ2) is 6.24. The Morgan fingerprint density at radius 3 is 2.30 bits per heavy atom. The van der Waals surface area contributed by atoms with Gasteiger partial charge >= 0.3 is 6.18 Å². The molecule has 1 aliphatic heterocycles. The molecule has 0 radical (unpaired) electrons. The lowest BCUT2D eigenvalue weighted by Crippen LogP contribution is -2.47. The molecule has 0 aromatic heterocycles. The highest BCUT2D eigenvalue weighted by Gasteiger charge is 2.35. The number of alkyl halides is 3. The van der Waals surface area contributed by atoms with Crippen LogP contribution in [0.2, 0.25) is 0 Å². The zero-order valence-corrected chi connectivity index (χ0v) is 12.6. The maximum Gasteiger partial charge on any atom is 0.406 e. The highest BCUT2D eigenvalue weighted by atomic mass is 32.2. The molecule has 0 N–H and O–H groups in total. The van der Waals surface area contributed by atoms with Crippen LogP contribution >= 0.6 is 11.8 Å². The summed E-state index contributed by atoms with van der Waals surface area (Å²) in [6.45, 7) is 3.73. The third kappa shape index (κ3) is 6.02. The summed E-state index contributed by atoms with van der Waals surface area (Å²) in [6.07, 6.45) is -4.44. The Labute approximate surface area is 120 Å². The van der Waals surface area contributed by atoms with E-state index in [1.165, 1.54) is 16.7 Å². The van der Waals surface area contributed by atoms with Gasteiger partial charge in [-0.3, -0.25) is 9.59 Å². The zero-order valence-electron chi connectivity index (χ0n) is 11.8. The molecule has 0 aliphatic carbocycles. The van der Waals surface area contributed by atoms with Crippen molar-refractivity contribution in [3.05, 3.63) is 0 Å². The number of halogens is 3. The Hall–Kier alpha value is -0.920. The SMILES string of the molecule is CC(C)(C)CN(CC(F)(F)F)C(=O)CN1CSCC1=O. The van der Waals surface area contributed by atoms with Crippen molar-refractivity contribution < 1.29 is 22.8 Å². The van der Waals surface area contributed by atoms with E-state index in [4.69, 9.17) is 0 Å². The summed E-state index contributed by atoms with van der Waals surface area (Å²) in [7, 11) is 0. The van der Waals surface area contributed by atoms with Crippen LogP contribution in [0.5, 0.6) is 0 Å². The first kappa shape index (κ1) is 17.1. The van der Waals surface area contributed by atoms with Gasteiger partial charge in [-0.25, -0.2) is 0 Å². The first-order valence-electron chi connectivity index (χ1n) is 6.18. The van der Waals surface area contributed by atoms with E-state index >= 15 is 0 Å². The molecule has 8 heteroatoms. The summed E-state index contributed by atoms with van der Waals surface area (Å²) < 4.78 is 37.7. The van der Waals surface area contributed by atoms with Crippen LogP contribution < -0.4 is 0 Å². The molecule has 2 amide bonds. The van der Waals surface area contributed by atoms with Gasteiger partial charge in [-0.15, -0.1) is 11.8 Å². The number of hydrogen-bond acceptors (Lipinski definition) is 3. The molecule has 1 heterocycles. The van der Waals surface area contributed by atoms with Gasteiger partial charge in [-0.2, -0.15) is 13.2 Å². The van der Waals surface area contributed by atoms with E-state index < -0.39 is 24.0 Å². The fraction of sp³-hybridized carbons (Fsp3) is 0.833. The summed E-state index contributed by atoms with van der Waals surface area (Å²) in [6, 6.07) is 0. The molecule has 0 atom stereocenters. The van der Waals surface area contributed by atoms with Crippen LogP contribution in [-0.4, -0.2) is 59.1 Å². The second-order valence-electron chi connectivity index (χ2n) is 5.99. The first-order chi connectivity index (χ1) is 8.98. The average molecular weight is 312 g/mol. The molecule has 116 valence electrons. The van der Waals surface area contributed by atoms with Gasteiger partial charge < -0.3 is 9.80 Å². The van der Waals surface area contributed by atoms with E-state index in [2.05, 4.69) is 0 Å². The van der Waals surface area contributed by atoms with E-state index in [0.717, 1.165) is 4.90 Å². The summed E-state index contributed by atoms with van der Waals surface area (Å²) in [4.78, 5) is 25.5. The van der Waals surface area contributed by atoms with Gasteiger partial charge in [0.05, 0.1) is 11.6 Å². The Balaban J connectivity index is 2.70. The minimum absolute atomic E-state index is 0.000513. The highest BCUT2D eigenvalue weighted by molar-refractivity contribution is 8.00. The molecule has 20 heavy (non-hydrogen) atoms. The molecular formula is C12H19F3N2O2S. The van der Waals surface area contributed by atoms with Crippen molar-refractivity contribution in [2.45, 2.75) is 26.9 Å². The van der Waals surface area contributed by atoms with Gasteiger partial charge in [0.2, 0.25) is 11.8 Å². The number of rotatable bonds is 4. The van der Waals surface area contributed by atoms with Gasteiger partial charge in [0.15, 0.2) is 0 Å².